The Bertz CT molecular complexity index is 3290. The standard InChI is InChI=1S/C54H34N2/c1-2-12-35(13-3-1)41-18-10-19-43(32-41)50-34-51(48-23-11-17-38-25-24-37-15-5-8-21-45(37)53(38)48)56-54(55-50)40-28-26-39(27-29-40)52-46-22-9-6-16-42(46)33-49-44-20-7-4-14-36(44)30-31-47(49)52/h1-34H. The van der Waals surface area contributed by atoms with Crippen molar-refractivity contribution in [1.82, 2.24) is 9.97 Å². The van der Waals surface area contributed by atoms with Crippen molar-refractivity contribution < 1.29 is 0 Å². The average Bonchev–Trinajstić information content (AvgIpc) is 3.28. The van der Waals surface area contributed by atoms with Crippen LogP contribution in [0.15, 0.2) is 206 Å². The van der Waals surface area contributed by atoms with Gasteiger partial charge in [0.1, 0.15) is 0 Å². The van der Waals surface area contributed by atoms with Gasteiger partial charge in [0.2, 0.25) is 0 Å². The van der Waals surface area contributed by atoms with Crippen LogP contribution < -0.4 is 0 Å². The maximum Gasteiger partial charge on any atom is 0.160 e. The zero-order valence-electron chi connectivity index (χ0n) is 30.5. The van der Waals surface area contributed by atoms with Crippen LogP contribution >= 0.6 is 0 Å². The number of hydrogen-bond acceptors (Lipinski definition) is 2. The third-order valence-corrected chi connectivity index (χ3v) is 11.2. The molecule has 0 unspecified atom stereocenters. The maximum absolute atomic E-state index is 5.36. The van der Waals surface area contributed by atoms with E-state index >= 15 is 0 Å². The van der Waals surface area contributed by atoms with E-state index in [1.807, 2.05) is 0 Å². The molecule has 0 aliphatic carbocycles. The maximum atomic E-state index is 5.36. The number of fused-ring (bicyclic) bond motifs is 7. The Morgan fingerprint density at radius 2 is 0.857 bits per heavy atom. The van der Waals surface area contributed by atoms with Gasteiger partial charge in [-0.05, 0) is 94.3 Å². The molecule has 0 saturated heterocycles. The first kappa shape index (κ1) is 32.0. The van der Waals surface area contributed by atoms with Gasteiger partial charge in [-0.1, -0.05) is 188 Å². The molecule has 1 heterocycles. The topological polar surface area (TPSA) is 25.8 Å². The average molecular weight is 711 g/mol. The van der Waals surface area contributed by atoms with Crippen LogP contribution in [0.1, 0.15) is 0 Å². The van der Waals surface area contributed by atoms with E-state index in [0.717, 1.165) is 33.6 Å². The van der Waals surface area contributed by atoms with Gasteiger partial charge in [0.25, 0.3) is 0 Å². The zero-order valence-corrected chi connectivity index (χ0v) is 30.5. The van der Waals surface area contributed by atoms with Gasteiger partial charge in [-0.25, -0.2) is 9.97 Å². The van der Waals surface area contributed by atoms with Gasteiger partial charge in [-0.3, -0.25) is 0 Å². The molecule has 56 heavy (non-hydrogen) atoms. The number of hydrogen-bond donors (Lipinski definition) is 0. The molecule has 0 aliphatic rings. The fourth-order valence-corrected chi connectivity index (χ4v) is 8.54. The summed E-state index contributed by atoms with van der Waals surface area (Å²) in [5.74, 6) is 0.695. The summed E-state index contributed by atoms with van der Waals surface area (Å²) >= 11 is 0. The molecule has 0 radical (unpaired) electrons. The molecule has 0 spiro atoms. The Morgan fingerprint density at radius 1 is 0.268 bits per heavy atom. The number of aromatic nitrogens is 2. The lowest BCUT2D eigenvalue weighted by Gasteiger charge is -2.15. The van der Waals surface area contributed by atoms with E-state index in [2.05, 4.69) is 206 Å². The second-order valence-corrected chi connectivity index (χ2v) is 14.5. The Kier molecular flexibility index (Phi) is 7.53. The van der Waals surface area contributed by atoms with Crippen LogP contribution in [-0.2, 0) is 0 Å². The molecular formula is C54H34N2. The predicted molar refractivity (Wildman–Crippen MR) is 237 cm³/mol. The van der Waals surface area contributed by atoms with Crippen LogP contribution in [0.5, 0.6) is 0 Å². The van der Waals surface area contributed by atoms with E-state index in [1.54, 1.807) is 0 Å². The molecule has 2 heteroatoms. The minimum atomic E-state index is 0.695. The number of nitrogens with zero attached hydrogens (tertiary/aromatic N) is 2. The molecule has 0 fully saturated rings. The summed E-state index contributed by atoms with van der Waals surface area (Å²) in [7, 11) is 0. The van der Waals surface area contributed by atoms with E-state index in [-0.39, 0.29) is 0 Å². The molecule has 0 amide bonds. The summed E-state index contributed by atoms with van der Waals surface area (Å²) in [6.45, 7) is 0. The Labute approximate surface area is 325 Å². The van der Waals surface area contributed by atoms with Gasteiger partial charge in [0.05, 0.1) is 11.4 Å². The van der Waals surface area contributed by atoms with Gasteiger partial charge in [0.15, 0.2) is 5.82 Å². The van der Waals surface area contributed by atoms with Gasteiger partial charge in [-0.2, -0.15) is 0 Å². The van der Waals surface area contributed by atoms with E-state index < -0.39 is 0 Å². The molecule has 0 bridgehead atoms. The molecule has 11 rings (SSSR count). The van der Waals surface area contributed by atoms with Crippen LogP contribution in [-0.4, -0.2) is 9.97 Å². The highest BCUT2D eigenvalue weighted by Crippen LogP contribution is 2.41. The summed E-state index contributed by atoms with van der Waals surface area (Å²) < 4.78 is 0. The predicted octanol–water partition coefficient (Wildman–Crippen LogP) is 14.6. The highest BCUT2D eigenvalue weighted by molar-refractivity contribution is 6.20. The van der Waals surface area contributed by atoms with Crippen molar-refractivity contribution in [3.8, 4) is 56.2 Å². The van der Waals surface area contributed by atoms with Gasteiger partial charge in [-0.15, -0.1) is 0 Å². The van der Waals surface area contributed by atoms with Crippen LogP contribution in [0.25, 0.3) is 110 Å². The van der Waals surface area contributed by atoms with Crippen molar-refractivity contribution in [1.29, 1.82) is 0 Å². The molecule has 0 N–H and O–H groups in total. The molecule has 1 aromatic heterocycles. The van der Waals surface area contributed by atoms with Crippen LogP contribution in [0, 0.1) is 0 Å². The molecule has 260 valence electrons. The van der Waals surface area contributed by atoms with Gasteiger partial charge < -0.3 is 0 Å². The second-order valence-electron chi connectivity index (χ2n) is 14.5. The number of rotatable bonds is 5. The Balaban J connectivity index is 1.11. The minimum absolute atomic E-state index is 0.695. The molecule has 0 atom stereocenters. The third kappa shape index (κ3) is 5.42. The minimum Gasteiger partial charge on any atom is -0.228 e. The van der Waals surface area contributed by atoms with Crippen molar-refractivity contribution in [2.75, 3.05) is 0 Å². The Hall–Kier alpha value is -7.42. The van der Waals surface area contributed by atoms with Crippen LogP contribution in [0.4, 0.5) is 0 Å². The monoisotopic (exact) mass is 710 g/mol. The summed E-state index contributed by atoms with van der Waals surface area (Å²) in [5, 5.41) is 12.3. The van der Waals surface area contributed by atoms with Crippen molar-refractivity contribution in [3.05, 3.63) is 206 Å². The Morgan fingerprint density at radius 3 is 1.70 bits per heavy atom. The first-order chi connectivity index (χ1) is 27.7. The van der Waals surface area contributed by atoms with Crippen molar-refractivity contribution in [3.63, 3.8) is 0 Å². The smallest absolute Gasteiger partial charge is 0.160 e. The zero-order chi connectivity index (χ0) is 37.0. The largest absolute Gasteiger partial charge is 0.228 e. The normalized spacial score (nSPS) is 11.6. The van der Waals surface area contributed by atoms with E-state index in [1.165, 1.54) is 70.6 Å². The second kappa shape index (κ2) is 13.2. The fourth-order valence-electron chi connectivity index (χ4n) is 8.54. The lowest BCUT2D eigenvalue weighted by molar-refractivity contribution is 1.19. The summed E-state index contributed by atoms with van der Waals surface area (Å²) in [6.07, 6.45) is 0. The highest BCUT2D eigenvalue weighted by atomic mass is 14.9. The fraction of sp³-hybridized carbons (Fsp3) is 0. The summed E-state index contributed by atoms with van der Waals surface area (Å²) in [4.78, 5) is 10.7. The summed E-state index contributed by atoms with van der Waals surface area (Å²) in [6, 6.07) is 74.0. The molecular weight excluding hydrogens is 677 g/mol. The SMILES string of the molecule is c1ccc(-c2cccc(-c3cc(-c4cccc5ccc6ccccc6c45)nc(-c4ccc(-c5c6ccccc6cc6c5ccc5ccccc56)cc4)n3)c2)cc1. The van der Waals surface area contributed by atoms with Crippen molar-refractivity contribution >= 4 is 53.9 Å². The quantitative estimate of drug-likeness (QED) is 0.131. The molecule has 0 aliphatic heterocycles. The molecule has 10 aromatic carbocycles. The lowest BCUT2D eigenvalue weighted by Crippen LogP contribution is -1.97. The van der Waals surface area contributed by atoms with E-state index in [0.29, 0.717) is 5.82 Å². The first-order valence-corrected chi connectivity index (χ1v) is 19.1. The van der Waals surface area contributed by atoms with Crippen LogP contribution in [0.2, 0.25) is 0 Å². The van der Waals surface area contributed by atoms with E-state index in [4.69, 9.17) is 9.97 Å². The van der Waals surface area contributed by atoms with Gasteiger partial charge >= 0.3 is 0 Å². The third-order valence-electron chi connectivity index (χ3n) is 11.2. The highest BCUT2D eigenvalue weighted by Gasteiger charge is 2.17. The van der Waals surface area contributed by atoms with Crippen LogP contribution in [0.3, 0.4) is 0 Å². The van der Waals surface area contributed by atoms with E-state index in [9.17, 15) is 0 Å². The number of benzene rings is 10. The molecule has 11 aromatic rings. The summed E-state index contributed by atoms with van der Waals surface area (Å²) in [5.41, 5.74) is 9.63. The molecule has 2 nitrogen and oxygen atoms in total. The van der Waals surface area contributed by atoms with Crippen molar-refractivity contribution in [2.24, 2.45) is 0 Å². The van der Waals surface area contributed by atoms with Crippen molar-refractivity contribution in [2.45, 2.75) is 0 Å². The lowest BCUT2D eigenvalue weighted by atomic mass is 9.89. The molecule has 0 saturated carbocycles. The first-order valence-electron chi connectivity index (χ1n) is 19.1. The van der Waals surface area contributed by atoms with Gasteiger partial charge in [0, 0.05) is 16.7 Å².